The Kier molecular flexibility index (Phi) is 3.11. The molecule has 0 unspecified atom stereocenters. The van der Waals surface area contributed by atoms with Gasteiger partial charge in [0.15, 0.2) is 0 Å². The molecule has 0 aliphatic heterocycles. The van der Waals surface area contributed by atoms with Gasteiger partial charge >= 0.3 is 0 Å². The third kappa shape index (κ3) is 2.07. The van der Waals surface area contributed by atoms with Crippen LogP contribution in [0.5, 0.6) is 0 Å². The van der Waals surface area contributed by atoms with E-state index in [2.05, 4.69) is 43.6 Å². The molecule has 0 saturated heterocycles. The molecule has 0 spiro atoms. The molecule has 1 aromatic carbocycles. The van der Waals surface area contributed by atoms with Crippen LogP contribution in [0.25, 0.3) is 0 Å². The van der Waals surface area contributed by atoms with Crippen LogP contribution in [0.2, 0.25) is 0 Å². The zero-order chi connectivity index (χ0) is 10.7. The molecule has 1 aliphatic rings. The molecular formula is C14H21N. The molecule has 82 valence electrons. The average molecular weight is 203 g/mol. The standard InChI is InChI=1S/C14H21N/c1-12-6-5-7-13(10-12)14(11-15-2)8-3-4-9-14/h5-7,10,15H,3-4,8-9,11H2,1-2H3. The summed E-state index contributed by atoms with van der Waals surface area (Å²) in [5.74, 6) is 0. The highest BCUT2D eigenvalue weighted by Gasteiger charge is 2.34. The van der Waals surface area contributed by atoms with E-state index in [0.717, 1.165) is 6.54 Å². The minimum Gasteiger partial charge on any atom is -0.319 e. The molecule has 0 radical (unpaired) electrons. The maximum Gasteiger partial charge on any atom is 0.00777 e. The van der Waals surface area contributed by atoms with Crippen LogP contribution in [0, 0.1) is 6.92 Å². The SMILES string of the molecule is CNCC1(c2cccc(C)c2)CCCC1. The summed E-state index contributed by atoms with van der Waals surface area (Å²) >= 11 is 0. The minimum atomic E-state index is 0.417. The molecule has 2 rings (SSSR count). The molecule has 1 aromatic rings. The smallest absolute Gasteiger partial charge is 0.00777 e. The number of hydrogen-bond acceptors (Lipinski definition) is 1. The molecule has 0 bridgehead atoms. The average Bonchev–Trinajstić information content (AvgIpc) is 2.68. The van der Waals surface area contributed by atoms with Crippen molar-refractivity contribution in [3.8, 4) is 0 Å². The summed E-state index contributed by atoms with van der Waals surface area (Å²) in [5.41, 5.74) is 3.34. The van der Waals surface area contributed by atoms with Crippen molar-refractivity contribution in [3.63, 3.8) is 0 Å². The van der Waals surface area contributed by atoms with E-state index in [0.29, 0.717) is 5.41 Å². The largest absolute Gasteiger partial charge is 0.319 e. The van der Waals surface area contributed by atoms with E-state index in [4.69, 9.17) is 0 Å². The van der Waals surface area contributed by atoms with Gasteiger partial charge in [-0.05, 0) is 32.4 Å². The summed E-state index contributed by atoms with van der Waals surface area (Å²) < 4.78 is 0. The van der Waals surface area contributed by atoms with Crippen molar-refractivity contribution in [2.45, 2.75) is 38.0 Å². The highest BCUT2D eigenvalue weighted by atomic mass is 14.8. The Morgan fingerprint density at radius 1 is 1.27 bits per heavy atom. The maximum absolute atomic E-state index is 3.37. The van der Waals surface area contributed by atoms with E-state index in [9.17, 15) is 0 Å². The molecule has 1 nitrogen and oxygen atoms in total. The number of nitrogens with one attached hydrogen (secondary N) is 1. The summed E-state index contributed by atoms with van der Waals surface area (Å²) in [6, 6.07) is 9.05. The molecule has 0 aromatic heterocycles. The van der Waals surface area contributed by atoms with E-state index in [1.165, 1.54) is 36.8 Å². The van der Waals surface area contributed by atoms with Crippen LogP contribution in [0.1, 0.15) is 36.8 Å². The van der Waals surface area contributed by atoms with E-state index in [1.807, 2.05) is 0 Å². The van der Waals surface area contributed by atoms with Gasteiger partial charge in [0.1, 0.15) is 0 Å². The van der Waals surface area contributed by atoms with Gasteiger partial charge in [-0.15, -0.1) is 0 Å². The zero-order valence-corrected chi connectivity index (χ0v) is 9.84. The van der Waals surface area contributed by atoms with Crippen molar-refractivity contribution in [2.24, 2.45) is 0 Å². The first-order valence-electron chi connectivity index (χ1n) is 5.99. The topological polar surface area (TPSA) is 12.0 Å². The molecule has 1 fully saturated rings. The van der Waals surface area contributed by atoms with Crippen molar-refractivity contribution in [1.29, 1.82) is 0 Å². The predicted octanol–water partition coefficient (Wildman–Crippen LogP) is 3.03. The third-order valence-electron chi connectivity index (χ3n) is 3.71. The fourth-order valence-corrected chi connectivity index (χ4v) is 2.93. The van der Waals surface area contributed by atoms with Crippen LogP contribution < -0.4 is 5.32 Å². The van der Waals surface area contributed by atoms with Crippen molar-refractivity contribution < 1.29 is 0 Å². The number of aryl methyl sites for hydroxylation is 1. The Hall–Kier alpha value is -0.820. The Balaban J connectivity index is 2.31. The lowest BCUT2D eigenvalue weighted by molar-refractivity contribution is 0.420. The molecule has 1 aliphatic carbocycles. The van der Waals surface area contributed by atoms with Crippen molar-refractivity contribution >= 4 is 0 Å². The summed E-state index contributed by atoms with van der Waals surface area (Å²) in [7, 11) is 2.07. The van der Waals surface area contributed by atoms with Gasteiger partial charge in [0.05, 0.1) is 0 Å². The summed E-state index contributed by atoms with van der Waals surface area (Å²) in [6.07, 6.45) is 5.46. The van der Waals surface area contributed by atoms with E-state index >= 15 is 0 Å². The molecule has 0 atom stereocenters. The van der Waals surface area contributed by atoms with Gasteiger partial charge in [-0.3, -0.25) is 0 Å². The second-order valence-electron chi connectivity index (χ2n) is 4.89. The van der Waals surface area contributed by atoms with Gasteiger partial charge < -0.3 is 5.32 Å². The molecule has 1 saturated carbocycles. The van der Waals surface area contributed by atoms with E-state index in [1.54, 1.807) is 0 Å². The second kappa shape index (κ2) is 4.36. The summed E-state index contributed by atoms with van der Waals surface area (Å²) in [6.45, 7) is 3.31. The lowest BCUT2D eigenvalue weighted by Crippen LogP contribution is -2.34. The second-order valence-corrected chi connectivity index (χ2v) is 4.89. The lowest BCUT2D eigenvalue weighted by atomic mass is 9.78. The van der Waals surface area contributed by atoms with Gasteiger partial charge in [-0.1, -0.05) is 42.7 Å². The Labute approximate surface area is 92.9 Å². The van der Waals surface area contributed by atoms with E-state index < -0.39 is 0 Å². The normalized spacial score (nSPS) is 19.3. The predicted molar refractivity (Wildman–Crippen MR) is 65.3 cm³/mol. The Bertz CT molecular complexity index is 324. The Morgan fingerprint density at radius 2 is 2.00 bits per heavy atom. The first-order valence-corrected chi connectivity index (χ1v) is 5.99. The van der Waals surface area contributed by atoms with Crippen LogP contribution in [0.4, 0.5) is 0 Å². The fourth-order valence-electron chi connectivity index (χ4n) is 2.93. The van der Waals surface area contributed by atoms with Crippen LogP contribution in [-0.2, 0) is 5.41 Å². The van der Waals surface area contributed by atoms with Crippen LogP contribution in [0.3, 0.4) is 0 Å². The molecular weight excluding hydrogens is 182 g/mol. The van der Waals surface area contributed by atoms with Crippen molar-refractivity contribution in [3.05, 3.63) is 35.4 Å². The third-order valence-corrected chi connectivity index (χ3v) is 3.71. The monoisotopic (exact) mass is 203 g/mol. The first-order chi connectivity index (χ1) is 7.27. The van der Waals surface area contributed by atoms with E-state index in [-0.39, 0.29) is 0 Å². The molecule has 1 heteroatoms. The van der Waals surface area contributed by atoms with Crippen molar-refractivity contribution in [1.82, 2.24) is 5.32 Å². The zero-order valence-electron chi connectivity index (χ0n) is 9.84. The van der Waals surface area contributed by atoms with Gasteiger partial charge in [0.25, 0.3) is 0 Å². The maximum atomic E-state index is 3.37. The van der Waals surface area contributed by atoms with Crippen LogP contribution in [-0.4, -0.2) is 13.6 Å². The Morgan fingerprint density at radius 3 is 2.60 bits per heavy atom. The highest BCUT2D eigenvalue weighted by Crippen LogP contribution is 2.40. The van der Waals surface area contributed by atoms with Gasteiger partial charge in [-0.25, -0.2) is 0 Å². The number of rotatable bonds is 3. The van der Waals surface area contributed by atoms with Crippen molar-refractivity contribution in [2.75, 3.05) is 13.6 Å². The number of hydrogen-bond donors (Lipinski definition) is 1. The van der Waals surface area contributed by atoms with Crippen LogP contribution in [0.15, 0.2) is 24.3 Å². The number of benzene rings is 1. The van der Waals surface area contributed by atoms with Gasteiger partial charge in [0, 0.05) is 12.0 Å². The quantitative estimate of drug-likeness (QED) is 0.796. The fraction of sp³-hybridized carbons (Fsp3) is 0.571. The minimum absolute atomic E-state index is 0.417. The molecule has 1 N–H and O–H groups in total. The number of likely N-dealkylation sites (N-methyl/N-ethyl adjacent to an activating group) is 1. The molecule has 0 heterocycles. The first kappa shape index (κ1) is 10.7. The molecule has 15 heavy (non-hydrogen) atoms. The highest BCUT2D eigenvalue weighted by molar-refractivity contribution is 5.31. The van der Waals surface area contributed by atoms with Crippen LogP contribution >= 0.6 is 0 Å². The summed E-state index contributed by atoms with van der Waals surface area (Å²) in [5, 5.41) is 3.37. The molecule has 0 amide bonds. The summed E-state index contributed by atoms with van der Waals surface area (Å²) in [4.78, 5) is 0. The lowest BCUT2D eigenvalue weighted by Gasteiger charge is -2.29. The van der Waals surface area contributed by atoms with Gasteiger partial charge in [-0.2, -0.15) is 0 Å². The van der Waals surface area contributed by atoms with Gasteiger partial charge in [0.2, 0.25) is 0 Å².